The molecule has 1 amide bonds. The lowest BCUT2D eigenvalue weighted by Crippen LogP contribution is -2.57. The zero-order valence-electron chi connectivity index (χ0n) is 18.3. The molecule has 4 rings (SSSR count). The first-order chi connectivity index (χ1) is 13.0. The lowest BCUT2D eigenvalue weighted by atomic mass is 9.47. The van der Waals surface area contributed by atoms with E-state index < -0.39 is 0 Å². The van der Waals surface area contributed by atoms with Crippen molar-refractivity contribution in [3.8, 4) is 0 Å². The summed E-state index contributed by atoms with van der Waals surface area (Å²) in [5.41, 5.74) is 7.87. The van der Waals surface area contributed by atoms with E-state index in [0.29, 0.717) is 17.2 Å². The molecule has 1 heterocycles. The number of fused-ring (bicyclic) bond motifs is 2. The Morgan fingerprint density at radius 3 is 2.25 bits per heavy atom. The third-order valence-electron chi connectivity index (χ3n) is 7.90. The molecule has 1 aromatic carbocycles. The SMILES string of the molecule is CC1(C)CC2CC(C)(C(=O)N3CCC(C)(N)CC3)CC(c3ccccc3)(C2)C1. The molecule has 1 saturated heterocycles. The molecule has 3 atom stereocenters. The molecular weight excluding hydrogens is 344 g/mol. The molecule has 2 bridgehead atoms. The Hall–Kier alpha value is -1.35. The van der Waals surface area contributed by atoms with Gasteiger partial charge in [-0.15, -0.1) is 0 Å². The Bertz CT molecular complexity index is 730. The molecule has 0 spiro atoms. The van der Waals surface area contributed by atoms with Crippen molar-refractivity contribution in [1.29, 1.82) is 0 Å². The highest BCUT2D eigenvalue weighted by molar-refractivity contribution is 5.83. The van der Waals surface area contributed by atoms with E-state index in [-0.39, 0.29) is 16.4 Å². The zero-order chi connectivity index (χ0) is 20.2. The number of benzene rings is 1. The standard InChI is InChI=1S/C25H38N2O/c1-22(2)14-19-15-23(3,21(28)27-12-10-24(4,26)11-13-27)18-25(16-19,17-22)20-8-6-5-7-9-20/h5-9,19H,10-18,26H2,1-4H3. The summed E-state index contributed by atoms with van der Waals surface area (Å²) in [6.45, 7) is 10.9. The number of amides is 1. The van der Waals surface area contributed by atoms with Crippen molar-refractivity contribution in [3.63, 3.8) is 0 Å². The third kappa shape index (κ3) is 3.63. The van der Waals surface area contributed by atoms with Gasteiger partial charge in [-0.3, -0.25) is 4.79 Å². The molecule has 3 aliphatic rings. The van der Waals surface area contributed by atoms with Crippen LogP contribution in [0.25, 0.3) is 0 Å². The molecule has 3 unspecified atom stereocenters. The van der Waals surface area contributed by atoms with Crippen LogP contribution in [0.15, 0.2) is 30.3 Å². The maximum atomic E-state index is 13.7. The van der Waals surface area contributed by atoms with Crippen molar-refractivity contribution in [2.75, 3.05) is 13.1 Å². The Balaban J connectivity index is 1.64. The first kappa shape index (κ1) is 19.9. The summed E-state index contributed by atoms with van der Waals surface area (Å²) in [5.74, 6) is 1.02. The van der Waals surface area contributed by atoms with Gasteiger partial charge in [0, 0.05) is 24.0 Å². The normalized spacial score (nSPS) is 36.8. The fourth-order valence-corrected chi connectivity index (χ4v) is 7.08. The quantitative estimate of drug-likeness (QED) is 0.791. The van der Waals surface area contributed by atoms with Gasteiger partial charge in [0.25, 0.3) is 0 Å². The fourth-order valence-electron chi connectivity index (χ4n) is 7.08. The van der Waals surface area contributed by atoms with Gasteiger partial charge in [0.2, 0.25) is 5.91 Å². The van der Waals surface area contributed by atoms with Crippen LogP contribution in [0.3, 0.4) is 0 Å². The predicted octanol–water partition coefficient (Wildman–Crippen LogP) is 4.89. The van der Waals surface area contributed by atoms with Gasteiger partial charge in [0.05, 0.1) is 0 Å². The van der Waals surface area contributed by atoms with Crippen LogP contribution in [0.1, 0.15) is 78.2 Å². The van der Waals surface area contributed by atoms with Gasteiger partial charge in [-0.2, -0.15) is 0 Å². The second-order valence-corrected chi connectivity index (χ2v) is 11.6. The van der Waals surface area contributed by atoms with Crippen molar-refractivity contribution in [2.45, 2.75) is 83.6 Å². The van der Waals surface area contributed by atoms with E-state index in [4.69, 9.17) is 5.73 Å². The lowest BCUT2D eigenvalue weighted by Gasteiger charge is -2.57. The monoisotopic (exact) mass is 382 g/mol. The summed E-state index contributed by atoms with van der Waals surface area (Å²) in [6, 6.07) is 11.0. The van der Waals surface area contributed by atoms with Crippen LogP contribution in [0.2, 0.25) is 0 Å². The molecular formula is C25H38N2O. The van der Waals surface area contributed by atoms with Gasteiger partial charge in [-0.1, -0.05) is 51.1 Å². The van der Waals surface area contributed by atoms with Crippen molar-refractivity contribution in [2.24, 2.45) is 22.5 Å². The van der Waals surface area contributed by atoms with Gasteiger partial charge in [0.15, 0.2) is 0 Å². The second kappa shape index (κ2) is 6.58. The van der Waals surface area contributed by atoms with Crippen LogP contribution >= 0.6 is 0 Å². The van der Waals surface area contributed by atoms with Crippen LogP contribution in [0.5, 0.6) is 0 Å². The van der Waals surface area contributed by atoms with Crippen LogP contribution in [0, 0.1) is 16.7 Å². The van der Waals surface area contributed by atoms with Crippen LogP contribution < -0.4 is 5.73 Å². The first-order valence-corrected chi connectivity index (χ1v) is 11.2. The van der Waals surface area contributed by atoms with Crippen LogP contribution in [-0.4, -0.2) is 29.4 Å². The summed E-state index contributed by atoms with van der Waals surface area (Å²) in [4.78, 5) is 15.9. The van der Waals surface area contributed by atoms with Crippen molar-refractivity contribution < 1.29 is 4.79 Å². The van der Waals surface area contributed by atoms with Crippen molar-refractivity contribution in [3.05, 3.63) is 35.9 Å². The minimum absolute atomic E-state index is 0.115. The number of piperidine rings is 1. The van der Waals surface area contributed by atoms with E-state index in [1.807, 2.05) is 0 Å². The average molecular weight is 383 g/mol. The molecule has 3 fully saturated rings. The highest BCUT2D eigenvalue weighted by Crippen LogP contribution is 2.61. The van der Waals surface area contributed by atoms with E-state index in [2.05, 4.69) is 62.9 Å². The summed E-state index contributed by atoms with van der Waals surface area (Å²) < 4.78 is 0. The van der Waals surface area contributed by atoms with Crippen molar-refractivity contribution in [1.82, 2.24) is 4.90 Å². The smallest absolute Gasteiger partial charge is 0.228 e. The second-order valence-electron chi connectivity index (χ2n) is 11.6. The number of likely N-dealkylation sites (tertiary alicyclic amines) is 1. The number of nitrogens with zero attached hydrogens (tertiary/aromatic N) is 1. The van der Waals surface area contributed by atoms with Gasteiger partial charge in [0.1, 0.15) is 0 Å². The Kier molecular flexibility index (Phi) is 4.69. The number of nitrogens with two attached hydrogens (primary N) is 1. The largest absolute Gasteiger partial charge is 0.342 e. The summed E-state index contributed by atoms with van der Waals surface area (Å²) >= 11 is 0. The number of carbonyl (C=O) groups is 1. The maximum Gasteiger partial charge on any atom is 0.228 e. The summed E-state index contributed by atoms with van der Waals surface area (Å²) in [6.07, 6.45) is 7.52. The molecule has 0 aromatic heterocycles. The number of hydrogen-bond donors (Lipinski definition) is 1. The lowest BCUT2D eigenvalue weighted by molar-refractivity contribution is -0.150. The highest BCUT2D eigenvalue weighted by atomic mass is 16.2. The van der Waals surface area contributed by atoms with Crippen LogP contribution in [-0.2, 0) is 10.2 Å². The van der Waals surface area contributed by atoms with Gasteiger partial charge in [-0.25, -0.2) is 0 Å². The molecule has 3 nitrogen and oxygen atoms in total. The molecule has 1 aromatic rings. The predicted molar refractivity (Wildman–Crippen MR) is 115 cm³/mol. The van der Waals surface area contributed by atoms with Gasteiger partial charge < -0.3 is 10.6 Å². The van der Waals surface area contributed by atoms with E-state index in [1.165, 1.54) is 24.8 Å². The number of carbonyl (C=O) groups excluding carboxylic acids is 1. The zero-order valence-corrected chi connectivity index (χ0v) is 18.3. The minimum atomic E-state index is -0.252. The van der Waals surface area contributed by atoms with E-state index in [0.717, 1.165) is 38.8 Å². The van der Waals surface area contributed by atoms with Crippen LogP contribution in [0.4, 0.5) is 0 Å². The van der Waals surface area contributed by atoms with Crippen molar-refractivity contribution >= 4 is 5.91 Å². The highest BCUT2D eigenvalue weighted by Gasteiger charge is 2.56. The van der Waals surface area contributed by atoms with E-state index in [9.17, 15) is 4.79 Å². The van der Waals surface area contributed by atoms with E-state index >= 15 is 0 Å². The number of rotatable bonds is 2. The molecule has 1 aliphatic heterocycles. The minimum Gasteiger partial charge on any atom is -0.342 e. The molecule has 2 saturated carbocycles. The fraction of sp³-hybridized carbons (Fsp3) is 0.720. The average Bonchev–Trinajstić information content (AvgIpc) is 2.60. The summed E-state index contributed by atoms with van der Waals surface area (Å²) in [7, 11) is 0. The Morgan fingerprint density at radius 1 is 0.964 bits per heavy atom. The first-order valence-electron chi connectivity index (χ1n) is 11.2. The van der Waals surface area contributed by atoms with Gasteiger partial charge >= 0.3 is 0 Å². The molecule has 154 valence electrons. The molecule has 28 heavy (non-hydrogen) atoms. The topological polar surface area (TPSA) is 46.3 Å². The van der Waals surface area contributed by atoms with E-state index in [1.54, 1.807) is 0 Å². The third-order valence-corrected chi connectivity index (χ3v) is 7.90. The molecule has 2 N–H and O–H groups in total. The molecule has 2 aliphatic carbocycles. The number of hydrogen-bond acceptors (Lipinski definition) is 2. The Morgan fingerprint density at radius 2 is 1.61 bits per heavy atom. The molecule has 0 radical (unpaired) electrons. The van der Waals surface area contributed by atoms with Gasteiger partial charge in [-0.05, 0) is 74.2 Å². The Labute approximate surface area is 171 Å². The maximum absolute atomic E-state index is 13.7. The summed E-state index contributed by atoms with van der Waals surface area (Å²) in [5, 5.41) is 0. The molecule has 3 heteroatoms.